The Labute approximate surface area is 196 Å². The molecule has 0 saturated carbocycles. The van der Waals surface area contributed by atoms with Gasteiger partial charge >= 0.3 is 0 Å². The van der Waals surface area contributed by atoms with Gasteiger partial charge in [0.05, 0.1) is 0 Å². The number of hydrogen-bond acceptors (Lipinski definition) is 3. The molecule has 0 aliphatic carbocycles. The molecule has 0 aliphatic rings. The van der Waals surface area contributed by atoms with Crippen molar-refractivity contribution in [3.8, 4) is 0 Å². The molecule has 0 fully saturated rings. The molecular weight excluding hydrogens is 382 g/mol. The van der Waals surface area contributed by atoms with Gasteiger partial charge in [-0.1, -0.05) is 128 Å². The van der Waals surface area contributed by atoms with Crippen LogP contribution in [0.25, 0.3) is 0 Å². The molecule has 31 heavy (non-hydrogen) atoms. The maximum Gasteiger partial charge on any atom is 0.0431 e. The van der Waals surface area contributed by atoms with Crippen molar-refractivity contribution in [3.63, 3.8) is 0 Å². The highest BCUT2D eigenvalue weighted by atomic mass is 16.3. The van der Waals surface area contributed by atoms with Gasteiger partial charge in [-0.3, -0.25) is 0 Å². The van der Waals surface area contributed by atoms with E-state index in [-0.39, 0.29) is 0 Å². The fraction of sp³-hybridized carbons (Fsp3) is 1.00. The van der Waals surface area contributed by atoms with E-state index in [1.165, 1.54) is 154 Å². The van der Waals surface area contributed by atoms with E-state index in [1.54, 1.807) is 0 Å². The lowest BCUT2D eigenvalue weighted by Crippen LogP contribution is -2.16. The minimum atomic E-state index is 0.366. The van der Waals surface area contributed by atoms with Gasteiger partial charge in [0.25, 0.3) is 0 Å². The van der Waals surface area contributed by atoms with Crippen molar-refractivity contribution >= 4 is 0 Å². The predicted octanol–water partition coefficient (Wildman–Crippen LogP) is 7.92. The molecule has 188 valence electrons. The Morgan fingerprint density at radius 3 is 0.677 bits per heavy atom. The first-order valence-corrected chi connectivity index (χ1v) is 14.3. The maximum atomic E-state index is 8.75. The molecule has 0 rings (SSSR count). The van der Waals surface area contributed by atoms with Crippen molar-refractivity contribution in [1.29, 1.82) is 0 Å². The zero-order chi connectivity index (χ0) is 22.5. The minimum absolute atomic E-state index is 0.366. The summed E-state index contributed by atoms with van der Waals surface area (Å²) >= 11 is 0. The Bertz CT molecular complexity index is 271. The third-order valence-corrected chi connectivity index (χ3v) is 6.52. The van der Waals surface area contributed by atoms with Crippen LogP contribution in [0.4, 0.5) is 0 Å². The van der Waals surface area contributed by atoms with Gasteiger partial charge in [-0.15, -0.1) is 0 Å². The monoisotopic (exact) mass is 441 g/mol. The lowest BCUT2D eigenvalue weighted by atomic mass is 10.0. The lowest BCUT2D eigenvalue weighted by molar-refractivity contribution is 0.282. The highest BCUT2D eigenvalue weighted by Gasteiger charge is 1.96. The van der Waals surface area contributed by atoms with Gasteiger partial charge in [-0.25, -0.2) is 0 Å². The first-order valence-electron chi connectivity index (χ1n) is 14.3. The minimum Gasteiger partial charge on any atom is -0.396 e. The molecule has 0 unspecified atom stereocenters. The predicted molar refractivity (Wildman–Crippen MR) is 138 cm³/mol. The van der Waals surface area contributed by atoms with E-state index in [9.17, 15) is 0 Å². The van der Waals surface area contributed by atoms with Crippen LogP contribution in [0.15, 0.2) is 0 Å². The molecule has 0 atom stereocenters. The van der Waals surface area contributed by atoms with Crippen LogP contribution in [0, 0.1) is 0 Å². The van der Waals surface area contributed by atoms with Gasteiger partial charge in [0.1, 0.15) is 0 Å². The van der Waals surface area contributed by atoms with Gasteiger partial charge in [0, 0.05) is 13.2 Å². The summed E-state index contributed by atoms with van der Waals surface area (Å²) in [6, 6.07) is 0. The number of aliphatic hydroxyl groups excluding tert-OH is 2. The Hall–Kier alpha value is -0.120. The summed E-state index contributed by atoms with van der Waals surface area (Å²) in [5.41, 5.74) is 0. The van der Waals surface area contributed by atoms with Gasteiger partial charge in [-0.2, -0.15) is 0 Å². The summed E-state index contributed by atoms with van der Waals surface area (Å²) in [5.74, 6) is 0. The first kappa shape index (κ1) is 30.9. The van der Waals surface area contributed by atoms with Crippen LogP contribution < -0.4 is 5.32 Å². The normalized spacial score (nSPS) is 11.4. The second-order valence-corrected chi connectivity index (χ2v) is 9.68. The molecule has 0 spiro atoms. The van der Waals surface area contributed by atoms with E-state index in [0.717, 1.165) is 12.8 Å². The van der Waals surface area contributed by atoms with Gasteiger partial charge in [-0.05, 0) is 38.8 Å². The van der Waals surface area contributed by atoms with Crippen molar-refractivity contribution in [1.82, 2.24) is 5.32 Å². The summed E-state index contributed by atoms with van der Waals surface area (Å²) in [6.07, 6.45) is 32.2. The van der Waals surface area contributed by atoms with Crippen LogP contribution in [0.2, 0.25) is 0 Å². The molecule has 0 aromatic rings. The molecular formula is C28H59NO2. The van der Waals surface area contributed by atoms with E-state index in [1.807, 2.05) is 0 Å². The smallest absolute Gasteiger partial charge is 0.0431 e. The molecule has 0 aromatic heterocycles. The number of nitrogens with one attached hydrogen (secondary N) is 1. The molecule has 0 saturated heterocycles. The Balaban J connectivity index is 2.98. The standard InChI is InChI=1S/C28H59NO2/c30-27-23-19-15-11-7-3-1-5-9-13-17-21-25-29-26-22-18-14-10-6-2-4-8-12-16-20-24-28-31/h29-31H,1-28H2. The Morgan fingerprint density at radius 2 is 0.452 bits per heavy atom. The molecule has 0 heterocycles. The average molecular weight is 442 g/mol. The number of rotatable bonds is 28. The number of unbranched alkanes of at least 4 members (excludes halogenated alkanes) is 22. The van der Waals surface area contributed by atoms with Gasteiger partial charge in [0.2, 0.25) is 0 Å². The van der Waals surface area contributed by atoms with Crippen molar-refractivity contribution < 1.29 is 10.2 Å². The molecule has 0 amide bonds. The Morgan fingerprint density at radius 1 is 0.258 bits per heavy atom. The first-order chi connectivity index (χ1) is 15.4. The summed E-state index contributed by atoms with van der Waals surface area (Å²) in [5, 5.41) is 21.1. The van der Waals surface area contributed by atoms with Crippen molar-refractivity contribution in [2.45, 2.75) is 154 Å². The van der Waals surface area contributed by atoms with Crippen LogP contribution in [-0.2, 0) is 0 Å². The zero-order valence-corrected chi connectivity index (χ0v) is 21.2. The molecule has 3 nitrogen and oxygen atoms in total. The third-order valence-electron chi connectivity index (χ3n) is 6.52. The third kappa shape index (κ3) is 29.9. The number of aliphatic hydroxyl groups is 2. The lowest BCUT2D eigenvalue weighted by Gasteiger charge is -2.06. The largest absolute Gasteiger partial charge is 0.396 e. The van der Waals surface area contributed by atoms with Crippen molar-refractivity contribution in [2.75, 3.05) is 26.3 Å². The van der Waals surface area contributed by atoms with Crippen molar-refractivity contribution in [2.24, 2.45) is 0 Å². The van der Waals surface area contributed by atoms with Gasteiger partial charge in [0.15, 0.2) is 0 Å². The van der Waals surface area contributed by atoms with Gasteiger partial charge < -0.3 is 15.5 Å². The SMILES string of the molecule is OCCCCCCCCCCCCCCNCCCCCCCCCCCCCCO. The second-order valence-electron chi connectivity index (χ2n) is 9.68. The molecule has 0 aliphatic heterocycles. The van der Waals surface area contributed by atoms with Crippen LogP contribution in [-0.4, -0.2) is 36.5 Å². The van der Waals surface area contributed by atoms with E-state index in [0.29, 0.717) is 13.2 Å². The van der Waals surface area contributed by atoms with Crippen LogP contribution >= 0.6 is 0 Å². The molecule has 3 heteroatoms. The summed E-state index contributed by atoms with van der Waals surface area (Å²) < 4.78 is 0. The van der Waals surface area contributed by atoms with Crippen molar-refractivity contribution in [3.05, 3.63) is 0 Å². The fourth-order valence-electron chi connectivity index (χ4n) is 4.38. The Kier molecular flexibility index (Phi) is 29.8. The highest BCUT2D eigenvalue weighted by Crippen LogP contribution is 2.13. The molecule has 0 radical (unpaired) electrons. The van der Waals surface area contributed by atoms with E-state index in [4.69, 9.17) is 10.2 Å². The molecule has 3 N–H and O–H groups in total. The summed E-state index contributed by atoms with van der Waals surface area (Å²) in [7, 11) is 0. The van der Waals surface area contributed by atoms with E-state index >= 15 is 0 Å². The maximum absolute atomic E-state index is 8.75. The zero-order valence-electron chi connectivity index (χ0n) is 21.2. The fourth-order valence-corrected chi connectivity index (χ4v) is 4.38. The topological polar surface area (TPSA) is 52.5 Å². The van der Waals surface area contributed by atoms with E-state index < -0.39 is 0 Å². The summed E-state index contributed by atoms with van der Waals surface area (Å²) in [4.78, 5) is 0. The average Bonchev–Trinajstić information content (AvgIpc) is 2.78. The quantitative estimate of drug-likeness (QED) is 0.108. The van der Waals surface area contributed by atoms with Crippen LogP contribution in [0.5, 0.6) is 0 Å². The number of hydrogen-bond donors (Lipinski definition) is 3. The second kappa shape index (κ2) is 29.9. The van der Waals surface area contributed by atoms with E-state index in [2.05, 4.69) is 5.32 Å². The summed E-state index contributed by atoms with van der Waals surface area (Å²) in [6.45, 7) is 3.16. The highest BCUT2D eigenvalue weighted by molar-refractivity contribution is 4.53. The van der Waals surface area contributed by atoms with Crippen LogP contribution in [0.3, 0.4) is 0 Å². The van der Waals surface area contributed by atoms with Crippen LogP contribution in [0.1, 0.15) is 154 Å². The molecule has 0 aromatic carbocycles. The molecule has 0 bridgehead atoms.